The van der Waals surface area contributed by atoms with E-state index in [1.807, 2.05) is 0 Å². The summed E-state index contributed by atoms with van der Waals surface area (Å²) >= 11 is 5.77. The van der Waals surface area contributed by atoms with Gasteiger partial charge in [-0.15, -0.1) is 0 Å². The van der Waals surface area contributed by atoms with Crippen LogP contribution in [-0.4, -0.2) is 35.1 Å². The topological polar surface area (TPSA) is 113 Å². The van der Waals surface area contributed by atoms with Crippen LogP contribution in [0.2, 0.25) is 5.02 Å². The Labute approximate surface area is 179 Å². The van der Waals surface area contributed by atoms with Crippen LogP contribution in [0.3, 0.4) is 0 Å². The molecule has 8 nitrogen and oxygen atoms in total. The number of aromatic amines is 1. The lowest BCUT2D eigenvalue weighted by Crippen LogP contribution is -2.34. The number of rotatable bonds is 6. The van der Waals surface area contributed by atoms with Gasteiger partial charge in [0.05, 0.1) is 17.7 Å². The van der Waals surface area contributed by atoms with Crippen molar-refractivity contribution in [3.63, 3.8) is 0 Å². The summed E-state index contributed by atoms with van der Waals surface area (Å²) in [5, 5.41) is 10.7. The Kier molecular flexibility index (Phi) is 6.61. The largest absolute Gasteiger partial charge is 0.467 e. The molecule has 0 saturated heterocycles. The predicted octanol–water partition coefficient (Wildman–Crippen LogP) is 3.24. The van der Waals surface area contributed by atoms with Gasteiger partial charge < -0.3 is 15.4 Å². The van der Waals surface area contributed by atoms with Gasteiger partial charge in [0.25, 0.3) is 11.8 Å². The minimum absolute atomic E-state index is 0.0727. The first-order valence-corrected chi connectivity index (χ1v) is 9.13. The number of esters is 1. The summed E-state index contributed by atoms with van der Waals surface area (Å²) in [7, 11) is 1.19. The standard InChI is InChI=1S/C20H15ClF2N4O4/c1-31-20(30)17(10-5-3-2-4-6-10)25-19(29)15-9-16(27-26-15)24-18(28)11-7-13(22)14(23)8-12(11)21/h2-9,17H,1H3,(H,25,29)(H2,24,26,27,28)/t17-/m1/s1. The summed E-state index contributed by atoms with van der Waals surface area (Å²) in [5.74, 6) is -4.76. The molecule has 0 aliphatic rings. The molecule has 3 aromatic rings. The summed E-state index contributed by atoms with van der Waals surface area (Å²) in [5.41, 5.74) is 0.115. The van der Waals surface area contributed by atoms with Crippen LogP contribution in [0.4, 0.5) is 14.6 Å². The number of aromatic nitrogens is 2. The number of hydrogen-bond acceptors (Lipinski definition) is 5. The highest BCUT2D eigenvalue weighted by molar-refractivity contribution is 6.34. The van der Waals surface area contributed by atoms with Crippen LogP contribution < -0.4 is 10.6 Å². The molecule has 0 aliphatic carbocycles. The van der Waals surface area contributed by atoms with E-state index in [-0.39, 0.29) is 22.1 Å². The van der Waals surface area contributed by atoms with E-state index < -0.39 is 35.5 Å². The number of carbonyl (C=O) groups is 3. The average molecular weight is 449 g/mol. The predicted molar refractivity (Wildman–Crippen MR) is 107 cm³/mol. The maximum Gasteiger partial charge on any atom is 0.333 e. The molecule has 0 radical (unpaired) electrons. The van der Waals surface area contributed by atoms with Crippen molar-refractivity contribution in [1.29, 1.82) is 0 Å². The Balaban J connectivity index is 1.74. The molecule has 160 valence electrons. The van der Waals surface area contributed by atoms with E-state index in [1.54, 1.807) is 30.3 Å². The molecule has 1 atom stereocenters. The number of nitrogens with one attached hydrogen (secondary N) is 3. The van der Waals surface area contributed by atoms with Crippen molar-refractivity contribution in [2.24, 2.45) is 0 Å². The van der Waals surface area contributed by atoms with E-state index in [2.05, 4.69) is 20.8 Å². The molecule has 2 aromatic carbocycles. The van der Waals surface area contributed by atoms with Crippen LogP contribution >= 0.6 is 11.6 Å². The van der Waals surface area contributed by atoms with Gasteiger partial charge in [0.15, 0.2) is 23.5 Å². The lowest BCUT2D eigenvalue weighted by Gasteiger charge is -2.16. The van der Waals surface area contributed by atoms with Crippen LogP contribution in [0.5, 0.6) is 0 Å². The van der Waals surface area contributed by atoms with Crippen LogP contribution in [0.15, 0.2) is 48.5 Å². The number of carbonyl (C=O) groups excluding carboxylic acids is 3. The van der Waals surface area contributed by atoms with Crippen molar-refractivity contribution in [3.8, 4) is 0 Å². The van der Waals surface area contributed by atoms with E-state index >= 15 is 0 Å². The monoisotopic (exact) mass is 448 g/mol. The zero-order valence-electron chi connectivity index (χ0n) is 15.9. The summed E-state index contributed by atoms with van der Waals surface area (Å²) in [6.45, 7) is 0. The first-order chi connectivity index (χ1) is 14.8. The van der Waals surface area contributed by atoms with Crippen molar-refractivity contribution in [2.45, 2.75) is 6.04 Å². The number of anilines is 1. The number of hydrogen-bond donors (Lipinski definition) is 3. The van der Waals surface area contributed by atoms with E-state index in [1.165, 1.54) is 13.2 Å². The molecule has 1 aromatic heterocycles. The zero-order valence-corrected chi connectivity index (χ0v) is 16.7. The fraction of sp³-hybridized carbons (Fsp3) is 0.100. The number of ether oxygens (including phenoxy) is 1. The van der Waals surface area contributed by atoms with Gasteiger partial charge in [-0.3, -0.25) is 14.7 Å². The number of methoxy groups -OCH3 is 1. The third-order valence-electron chi connectivity index (χ3n) is 4.16. The molecule has 0 fully saturated rings. The van der Waals surface area contributed by atoms with Crippen molar-refractivity contribution in [2.75, 3.05) is 12.4 Å². The van der Waals surface area contributed by atoms with E-state index in [0.29, 0.717) is 17.7 Å². The Bertz CT molecular complexity index is 1140. The van der Waals surface area contributed by atoms with Gasteiger partial charge in [-0.25, -0.2) is 13.6 Å². The highest BCUT2D eigenvalue weighted by Crippen LogP contribution is 2.21. The summed E-state index contributed by atoms with van der Waals surface area (Å²) in [4.78, 5) is 36.9. The summed E-state index contributed by atoms with van der Waals surface area (Å²) < 4.78 is 31.3. The Hall–Kier alpha value is -3.79. The Morgan fingerprint density at radius 2 is 1.74 bits per heavy atom. The van der Waals surface area contributed by atoms with E-state index in [4.69, 9.17) is 16.3 Å². The van der Waals surface area contributed by atoms with Gasteiger partial charge in [0.2, 0.25) is 0 Å². The van der Waals surface area contributed by atoms with Crippen molar-refractivity contribution >= 4 is 35.2 Å². The number of H-pyrrole nitrogens is 1. The van der Waals surface area contributed by atoms with Gasteiger partial charge in [0.1, 0.15) is 5.69 Å². The minimum atomic E-state index is -1.24. The quantitative estimate of drug-likeness (QED) is 0.396. The maximum atomic E-state index is 13.4. The number of nitrogens with zero attached hydrogens (tertiary/aromatic N) is 1. The molecule has 0 bridgehead atoms. The minimum Gasteiger partial charge on any atom is -0.467 e. The maximum absolute atomic E-state index is 13.4. The SMILES string of the molecule is COC(=O)[C@H](NC(=O)c1cc(NC(=O)c2cc(F)c(F)cc2Cl)n[nH]1)c1ccccc1. The second-order valence-corrected chi connectivity index (χ2v) is 6.61. The molecule has 3 N–H and O–H groups in total. The molecule has 0 aliphatic heterocycles. The number of amides is 2. The molecule has 3 rings (SSSR count). The molecule has 31 heavy (non-hydrogen) atoms. The Morgan fingerprint density at radius 3 is 2.42 bits per heavy atom. The summed E-state index contributed by atoms with van der Waals surface area (Å²) in [6.07, 6.45) is 0. The number of benzene rings is 2. The molecule has 11 heteroatoms. The van der Waals surface area contributed by atoms with Gasteiger partial charge in [-0.05, 0) is 17.7 Å². The van der Waals surface area contributed by atoms with Crippen LogP contribution in [0, 0.1) is 11.6 Å². The molecular formula is C20H15ClF2N4O4. The second-order valence-electron chi connectivity index (χ2n) is 6.21. The van der Waals surface area contributed by atoms with Crippen molar-refractivity contribution in [1.82, 2.24) is 15.5 Å². The smallest absolute Gasteiger partial charge is 0.333 e. The summed E-state index contributed by atoms with van der Waals surface area (Å²) in [6, 6.07) is 9.89. The zero-order chi connectivity index (χ0) is 22.5. The van der Waals surface area contributed by atoms with Crippen LogP contribution in [0.1, 0.15) is 32.5 Å². The Morgan fingerprint density at radius 1 is 1.06 bits per heavy atom. The van der Waals surface area contributed by atoms with E-state index in [9.17, 15) is 23.2 Å². The lowest BCUT2D eigenvalue weighted by atomic mass is 10.1. The first-order valence-electron chi connectivity index (χ1n) is 8.75. The van der Waals surface area contributed by atoms with Gasteiger partial charge in [-0.2, -0.15) is 5.10 Å². The molecule has 1 heterocycles. The fourth-order valence-electron chi connectivity index (χ4n) is 2.63. The molecule has 0 unspecified atom stereocenters. The third-order valence-corrected chi connectivity index (χ3v) is 4.48. The molecular weight excluding hydrogens is 434 g/mol. The number of halogens is 3. The molecule has 0 spiro atoms. The van der Waals surface area contributed by atoms with Gasteiger partial charge in [0, 0.05) is 6.07 Å². The molecule has 2 amide bonds. The van der Waals surface area contributed by atoms with Gasteiger partial charge in [-0.1, -0.05) is 41.9 Å². The van der Waals surface area contributed by atoms with Crippen molar-refractivity contribution < 1.29 is 27.9 Å². The lowest BCUT2D eigenvalue weighted by molar-refractivity contribution is -0.143. The first kappa shape index (κ1) is 21.9. The van der Waals surface area contributed by atoms with Crippen LogP contribution in [0.25, 0.3) is 0 Å². The van der Waals surface area contributed by atoms with E-state index in [0.717, 1.165) is 0 Å². The van der Waals surface area contributed by atoms with Crippen LogP contribution in [-0.2, 0) is 9.53 Å². The highest BCUT2D eigenvalue weighted by Gasteiger charge is 2.25. The fourth-order valence-corrected chi connectivity index (χ4v) is 2.87. The van der Waals surface area contributed by atoms with Gasteiger partial charge >= 0.3 is 5.97 Å². The average Bonchev–Trinajstić information content (AvgIpc) is 3.23. The second kappa shape index (κ2) is 9.35. The normalized spacial score (nSPS) is 11.5. The van der Waals surface area contributed by atoms with Crippen molar-refractivity contribution in [3.05, 3.63) is 82.0 Å². The molecule has 0 saturated carbocycles. The third kappa shape index (κ3) is 5.04. The highest BCUT2D eigenvalue weighted by atomic mass is 35.5.